The first-order chi connectivity index (χ1) is 11.1. The molecule has 0 spiro atoms. The molecule has 2 aromatic rings. The van der Waals surface area contributed by atoms with E-state index >= 15 is 0 Å². The molecule has 1 saturated carbocycles. The minimum atomic E-state index is 0. The highest BCUT2D eigenvalue weighted by Gasteiger charge is 2.42. The number of aromatic amines is 1. The van der Waals surface area contributed by atoms with Crippen LogP contribution in [-0.4, -0.2) is 40.1 Å². The predicted molar refractivity (Wildman–Crippen MR) is 96.1 cm³/mol. The van der Waals surface area contributed by atoms with E-state index in [0.717, 1.165) is 37.2 Å². The maximum atomic E-state index is 12.7. The molecule has 1 aromatic heterocycles. The second-order valence-corrected chi connectivity index (χ2v) is 6.91. The molecule has 3 N–H and O–H groups in total. The minimum absolute atomic E-state index is 0. The van der Waals surface area contributed by atoms with Crippen LogP contribution in [0.5, 0.6) is 0 Å². The number of nitrogens with zero attached hydrogens (tertiary/aromatic N) is 2. The van der Waals surface area contributed by atoms with Gasteiger partial charge in [0, 0.05) is 24.7 Å². The van der Waals surface area contributed by atoms with Crippen LogP contribution < -0.4 is 5.73 Å². The monoisotopic (exact) mass is 346 g/mol. The smallest absolute Gasteiger partial charge is 0.271 e. The molecule has 0 radical (unpaired) electrons. The van der Waals surface area contributed by atoms with E-state index in [9.17, 15) is 4.79 Å². The van der Waals surface area contributed by atoms with Crippen molar-refractivity contribution in [3.05, 3.63) is 41.6 Å². The van der Waals surface area contributed by atoms with Crippen molar-refractivity contribution in [3.8, 4) is 11.3 Å². The van der Waals surface area contributed by atoms with Crippen LogP contribution in [0.3, 0.4) is 0 Å². The number of hydrogen-bond acceptors (Lipinski definition) is 3. The molecule has 2 heterocycles. The van der Waals surface area contributed by atoms with E-state index in [2.05, 4.69) is 29.3 Å². The Bertz CT molecular complexity index is 727. The van der Waals surface area contributed by atoms with Crippen LogP contribution >= 0.6 is 12.4 Å². The summed E-state index contributed by atoms with van der Waals surface area (Å²) in [6.45, 7) is 3.66. The van der Waals surface area contributed by atoms with E-state index in [1.54, 1.807) is 0 Å². The quantitative estimate of drug-likeness (QED) is 0.877. The molecule has 3 unspecified atom stereocenters. The summed E-state index contributed by atoms with van der Waals surface area (Å²) in [4.78, 5) is 14.6. The summed E-state index contributed by atoms with van der Waals surface area (Å²) in [5.74, 6) is 1.09. The highest BCUT2D eigenvalue weighted by molar-refractivity contribution is 5.93. The molecule has 1 saturated heterocycles. The molecular formula is C18H23ClN4O. The third kappa shape index (κ3) is 2.94. The Morgan fingerprint density at radius 1 is 1.25 bits per heavy atom. The van der Waals surface area contributed by atoms with Gasteiger partial charge in [-0.25, -0.2) is 0 Å². The second kappa shape index (κ2) is 6.57. The van der Waals surface area contributed by atoms with Crippen molar-refractivity contribution in [2.45, 2.75) is 25.8 Å². The third-order valence-electron chi connectivity index (χ3n) is 5.36. The fourth-order valence-corrected chi connectivity index (χ4v) is 3.95. The van der Waals surface area contributed by atoms with Gasteiger partial charge in [-0.2, -0.15) is 5.10 Å². The highest BCUT2D eigenvalue weighted by atomic mass is 35.5. The summed E-state index contributed by atoms with van der Waals surface area (Å²) >= 11 is 0. The Kier molecular flexibility index (Phi) is 4.65. The number of halogens is 1. The number of nitrogens with one attached hydrogen (secondary N) is 1. The summed E-state index contributed by atoms with van der Waals surface area (Å²) in [5, 5.41) is 7.20. The zero-order valence-corrected chi connectivity index (χ0v) is 14.6. The van der Waals surface area contributed by atoms with Crippen LogP contribution in [0.1, 0.15) is 28.9 Å². The van der Waals surface area contributed by atoms with Gasteiger partial charge >= 0.3 is 0 Å². The summed E-state index contributed by atoms with van der Waals surface area (Å²) in [6, 6.07) is 10.3. The minimum Gasteiger partial charge on any atom is -0.337 e. The molecule has 2 fully saturated rings. The Morgan fingerprint density at radius 2 is 2.00 bits per heavy atom. The van der Waals surface area contributed by atoms with Gasteiger partial charge in [-0.05, 0) is 37.7 Å². The Hall–Kier alpha value is -1.85. The fraction of sp³-hybridized carbons (Fsp3) is 0.444. The van der Waals surface area contributed by atoms with Crippen molar-refractivity contribution >= 4 is 18.3 Å². The van der Waals surface area contributed by atoms with Crippen molar-refractivity contribution in [2.24, 2.45) is 17.6 Å². The first kappa shape index (κ1) is 17.0. The molecule has 2 aliphatic rings. The topological polar surface area (TPSA) is 75.0 Å². The molecule has 5 nitrogen and oxygen atoms in total. The van der Waals surface area contributed by atoms with E-state index in [-0.39, 0.29) is 24.4 Å². The molecule has 4 rings (SSSR count). The normalized spacial score (nSPS) is 25.4. The third-order valence-corrected chi connectivity index (χ3v) is 5.36. The lowest BCUT2D eigenvalue weighted by molar-refractivity contribution is 0.0773. The molecule has 1 aliphatic heterocycles. The maximum absolute atomic E-state index is 12.7. The Labute approximate surface area is 148 Å². The number of carbonyl (C=O) groups excluding carboxylic acids is 1. The van der Waals surface area contributed by atoms with E-state index in [4.69, 9.17) is 5.73 Å². The van der Waals surface area contributed by atoms with Gasteiger partial charge in [-0.1, -0.05) is 29.8 Å². The number of aromatic nitrogens is 2. The Morgan fingerprint density at radius 3 is 2.71 bits per heavy atom. The molecule has 1 aliphatic carbocycles. The number of hydrogen-bond donors (Lipinski definition) is 2. The van der Waals surface area contributed by atoms with Crippen LogP contribution in [0, 0.1) is 18.8 Å². The van der Waals surface area contributed by atoms with Crippen molar-refractivity contribution in [1.82, 2.24) is 15.1 Å². The standard InChI is InChI=1S/C18H22N4O.ClH/c1-11-2-4-12(5-3-11)16-8-17(21-20-16)18(23)22-9-13-6-7-15(19)14(13)10-22;/h2-5,8,13-15H,6-7,9-10,19H2,1H3,(H,20,21);1H. The van der Waals surface area contributed by atoms with Gasteiger partial charge in [-0.3, -0.25) is 9.89 Å². The van der Waals surface area contributed by atoms with Gasteiger partial charge in [0.1, 0.15) is 5.69 Å². The lowest BCUT2D eigenvalue weighted by Gasteiger charge is -2.17. The number of fused-ring (bicyclic) bond motifs is 1. The zero-order valence-electron chi connectivity index (χ0n) is 13.7. The van der Waals surface area contributed by atoms with Gasteiger partial charge in [0.05, 0.1) is 5.69 Å². The van der Waals surface area contributed by atoms with Crippen molar-refractivity contribution in [1.29, 1.82) is 0 Å². The predicted octanol–water partition coefficient (Wildman–Crippen LogP) is 2.62. The van der Waals surface area contributed by atoms with E-state index < -0.39 is 0 Å². The molecule has 1 amide bonds. The summed E-state index contributed by atoms with van der Waals surface area (Å²) in [5.41, 5.74) is 9.76. The van der Waals surface area contributed by atoms with Gasteiger partial charge in [0.15, 0.2) is 0 Å². The van der Waals surface area contributed by atoms with Crippen molar-refractivity contribution in [2.75, 3.05) is 13.1 Å². The number of rotatable bonds is 2. The number of nitrogens with two attached hydrogens (primary N) is 1. The van der Waals surface area contributed by atoms with Crippen LogP contribution in [0.15, 0.2) is 30.3 Å². The summed E-state index contributed by atoms with van der Waals surface area (Å²) in [6.07, 6.45) is 2.24. The lowest BCUT2D eigenvalue weighted by atomic mass is 9.98. The van der Waals surface area contributed by atoms with E-state index in [1.807, 2.05) is 23.1 Å². The summed E-state index contributed by atoms with van der Waals surface area (Å²) in [7, 11) is 0. The Balaban J connectivity index is 0.00000169. The summed E-state index contributed by atoms with van der Waals surface area (Å²) < 4.78 is 0. The highest BCUT2D eigenvalue weighted by Crippen LogP contribution is 2.37. The SMILES string of the molecule is Cc1ccc(-c2cc(C(=O)N3CC4CCC(N)C4C3)[nH]n2)cc1.Cl. The first-order valence-electron chi connectivity index (χ1n) is 8.29. The van der Waals surface area contributed by atoms with Gasteiger partial charge in [0.25, 0.3) is 5.91 Å². The maximum Gasteiger partial charge on any atom is 0.271 e. The number of likely N-dealkylation sites (tertiary alicyclic amines) is 1. The number of carbonyl (C=O) groups is 1. The molecular weight excluding hydrogens is 324 g/mol. The number of amides is 1. The average molecular weight is 347 g/mol. The van der Waals surface area contributed by atoms with Gasteiger partial charge in [-0.15, -0.1) is 12.4 Å². The van der Waals surface area contributed by atoms with Crippen LogP contribution in [0.25, 0.3) is 11.3 Å². The van der Waals surface area contributed by atoms with Crippen LogP contribution in [-0.2, 0) is 0 Å². The van der Waals surface area contributed by atoms with E-state index in [0.29, 0.717) is 17.5 Å². The number of H-pyrrole nitrogens is 1. The number of benzene rings is 1. The zero-order chi connectivity index (χ0) is 16.0. The molecule has 6 heteroatoms. The fourth-order valence-electron chi connectivity index (χ4n) is 3.95. The van der Waals surface area contributed by atoms with Crippen LogP contribution in [0.4, 0.5) is 0 Å². The second-order valence-electron chi connectivity index (χ2n) is 6.91. The molecule has 128 valence electrons. The van der Waals surface area contributed by atoms with Gasteiger partial charge in [0.2, 0.25) is 0 Å². The first-order valence-corrected chi connectivity index (χ1v) is 8.29. The average Bonchev–Trinajstić information content (AvgIpc) is 3.25. The number of aryl methyl sites for hydroxylation is 1. The van der Waals surface area contributed by atoms with Crippen molar-refractivity contribution < 1.29 is 4.79 Å². The molecule has 3 atom stereocenters. The largest absolute Gasteiger partial charge is 0.337 e. The van der Waals surface area contributed by atoms with Crippen LogP contribution in [0.2, 0.25) is 0 Å². The lowest BCUT2D eigenvalue weighted by Crippen LogP contribution is -2.33. The van der Waals surface area contributed by atoms with Gasteiger partial charge < -0.3 is 10.6 Å². The van der Waals surface area contributed by atoms with E-state index in [1.165, 1.54) is 5.56 Å². The molecule has 1 aromatic carbocycles. The molecule has 24 heavy (non-hydrogen) atoms. The van der Waals surface area contributed by atoms with Crippen molar-refractivity contribution in [3.63, 3.8) is 0 Å². The molecule has 0 bridgehead atoms.